The molecule has 1 rings (SSSR count). The molecular formula is C13H27N3O3S. The summed E-state index contributed by atoms with van der Waals surface area (Å²) in [5.41, 5.74) is -0.318. The van der Waals surface area contributed by atoms with Crippen LogP contribution in [-0.4, -0.2) is 46.3 Å². The van der Waals surface area contributed by atoms with E-state index >= 15 is 0 Å². The maximum Gasteiger partial charge on any atom is 0.226 e. The molecule has 0 spiro atoms. The van der Waals surface area contributed by atoms with Crippen LogP contribution in [0.15, 0.2) is 0 Å². The van der Waals surface area contributed by atoms with Crippen molar-refractivity contribution < 1.29 is 13.2 Å². The Hall–Kier alpha value is -0.660. The molecule has 3 N–H and O–H groups in total. The average Bonchev–Trinajstić information content (AvgIpc) is 2.39. The number of sulfonamides is 1. The van der Waals surface area contributed by atoms with E-state index in [4.69, 9.17) is 0 Å². The predicted octanol–water partition coefficient (Wildman–Crippen LogP) is 0.212. The molecule has 6 nitrogen and oxygen atoms in total. The molecule has 0 aromatic rings. The maximum absolute atomic E-state index is 12.4. The Morgan fingerprint density at radius 1 is 1.25 bits per heavy atom. The average molecular weight is 305 g/mol. The number of hydrogen-bond acceptors (Lipinski definition) is 4. The van der Waals surface area contributed by atoms with Crippen LogP contribution in [0.1, 0.15) is 39.5 Å². The van der Waals surface area contributed by atoms with Gasteiger partial charge >= 0.3 is 0 Å². The van der Waals surface area contributed by atoms with E-state index in [1.807, 2.05) is 0 Å². The number of nitrogens with one attached hydrogen (secondary N) is 3. The second-order valence-corrected chi connectivity index (χ2v) is 7.28. The first-order chi connectivity index (χ1) is 9.46. The first-order valence-corrected chi connectivity index (χ1v) is 9.07. The summed E-state index contributed by atoms with van der Waals surface area (Å²) in [6.45, 7) is 6.06. The molecule has 0 radical (unpaired) electrons. The number of hydrogen-bond donors (Lipinski definition) is 3. The normalized spacial score (nSPS) is 18.7. The van der Waals surface area contributed by atoms with Gasteiger partial charge in [0.1, 0.15) is 0 Å². The number of carbonyl (C=O) groups excluding carboxylic acids is 1. The maximum atomic E-state index is 12.4. The lowest BCUT2D eigenvalue weighted by Gasteiger charge is -2.36. The SMILES string of the molecule is CCCC1(C(=O)NCCS(=O)(=O)NCC)CCNCC1. The van der Waals surface area contributed by atoms with E-state index in [1.165, 1.54) is 0 Å². The van der Waals surface area contributed by atoms with Gasteiger partial charge in [-0.05, 0) is 32.4 Å². The van der Waals surface area contributed by atoms with Crippen LogP contribution in [0, 0.1) is 5.41 Å². The zero-order valence-corrected chi connectivity index (χ0v) is 13.3. The number of piperidine rings is 1. The summed E-state index contributed by atoms with van der Waals surface area (Å²) in [6.07, 6.45) is 3.48. The smallest absolute Gasteiger partial charge is 0.226 e. The first-order valence-electron chi connectivity index (χ1n) is 7.42. The van der Waals surface area contributed by atoms with E-state index < -0.39 is 10.0 Å². The molecule has 0 aliphatic carbocycles. The molecule has 0 aromatic carbocycles. The van der Waals surface area contributed by atoms with Gasteiger partial charge in [-0.1, -0.05) is 20.3 Å². The highest BCUT2D eigenvalue weighted by Crippen LogP contribution is 2.34. The van der Waals surface area contributed by atoms with E-state index in [9.17, 15) is 13.2 Å². The van der Waals surface area contributed by atoms with Crippen molar-refractivity contribution in [3.05, 3.63) is 0 Å². The highest BCUT2D eigenvalue weighted by Gasteiger charge is 2.38. The van der Waals surface area contributed by atoms with Crippen LogP contribution in [0.3, 0.4) is 0 Å². The number of carbonyl (C=O) groups is 1. The fourth-order valence-corrected chi connectivity index (χ4v) is 3.71. The molecule has 0 unspecified atom stereocenters. The Balaban J connectivity index is 2.51. The summed E-state index contributed by atoms with van der Waals surface area (Å²) in [6, 6.07) is 0. The van der Waals surface area contributed by atoms with Crippen LogP contribution < -0.4 is 15.4 Å². The molecule has 118 valence electrons. The lowest BCUT2D eigenvalue weighted by molar-refractivity contribution is -0.133. The molecule has 0 saturated carbocycles. The highest BCUT2D eigenvalue weighted by atomic mass is 32.2. The lowest BCUT2D eigenvalue weighted by Crippen LogP contribution is -2.48. The van der Waals surface area contributed by atoms with Crippen molar-refractivity contribution in [3.8, 4) is 0 Å². The monoisotopic (exact) mass is 305 g/mol. The van der Waals surface area contributed by atoms with Gasteiger partial charge in [0.05, 0.1) is 11.2 Å². The van der Waals surface area contributed by atoms with Gasteiger partial charge in [-0.3, -0.25) is 4.79 Å². The molecule has 1 saturated heterocycles. The summed E-state index contributed by atoms with van der Waals surface area (Å²) >= 11 is 0. The minimum absolute atomic E-state index is 0.00699. The second-order valence-electron chi connectivity index (χ2n) is 5.35. The largest absolute Gasteiger partial charge is 0.355 e. The molecule has 1 amide bonds. The molecule has 0 atom stereocenters. The van der Waals surface area contributed by atoms with Crippen molar-refractivity contribution in [2.45, 2.75) is 39.5 Å². The van der Waals surface area contributed by atoms with Crippen molar-refractivity contribution >= 4 is 15.9 Å². The summed E-state index contributed by atoms with van der Waals surface area (Å²) in [4.78, 5) is 12.4. The Morgan fingerprint density at radius 2 is 1.90 bits per heavy atom. The van der Waals surface area contributed by atoms with E-state index in [0.29, 0.717) is 6.54 Å². The molecule has 7 heteroatoms. The third-order valence-electron chi connectivity index (χ3n) is 3.79. The van der Waals surface area contributed by atoms with Crippen molar-refractivity contribution in [2.75, 3.05) is 31.9 Å². The summed E-state index contributed by atoms with van der Waals surface area (Å²) in [7, 11) is -3.27. The zero-order valence-electron chi connectivity index (χ0n) is 12.5. The molecule has 1 aliphatic heterocycles. The van der Waals surface area contributed by atoms with Gasteiger partial charge in [-0.2, -0.15) is 0 Å². The zero-order chi connectivity index (χ0) is 15.1. The Labute approximate surface area is 122 Å². The molecular weight excluding hydrogens is 278 g/mol. The Bertz CT molecular complexity index is 398. The van der Waals surface area contributed by atoms with Gasteiger partial charge in [0.2, 0.25) is 15.9 Å². The van der Waals surface area contributed by atoms with Crippen molar-refractivity contribution in [2.24, 2.45) is 5.41 Å². The second kappa shape index (κ2) is 7.95. The molecule has 1 fully saturated rings. The quantitative estimate of drug-likeness (QED) is 0.598. The summed E-state index contributed by atoms with van der Waals surface area (Å²) in [5, 5.41) is 6.07. The van der Waals surface area contributed by atoms with Gasteiger partial charge in [-0.25, -0.2) is 13.1 Å². The minimum Gasteiger partial charge on any atom is -0.355 e. The highest BCUT2D eigenvalue weighted by molar-refractivity contribution is 7.89. The van der Waals surface area contributed by atoms with Crippen molar-refractivity contribution in [1.29, 1.82) is 0 Å². The fourth-order valence-electron chi connectivity index (χ4n) is 2.75. The van der Waals surface area contributed by atoms with Crippen molar-refractivity contribution in [3.63, 3.8) is 0 Å². The van der Waals surface area contributed by atoms with Crippen LogP contribution in [0.25, 0.3) is 0 Å². The fraction of sp³-hybridized carbons (Fsp3) is 0.923. The third kappa shape index (κ3) is 5.03. The molecule has 0 bridgehead atoms. The van der Waals surface area contributed by atoms with Crippen molar-refractivity contribution in [1.82, 2.24) is 15.4 Å². The van der Waals surface area contributed by atoms with Crippen LogP contribution in [0.2, 0.25) is 0 Å². The topological polar surface area (TPSA) is 87.3 Å². The van der Waals surface area contributed by atoms with E-state index in [1.54, 1.807) is 6.92 Å². The van der Waals surface area contributed by atoms with Crippen LogP contribution in [-0.2, 0) is 14.8 Å². The lowest BCUT2D eigenvalue weighted by atomic mass is 9.74. The molecule has 1 aliphatic rings. The Kier molecular flexibility index (Phi) is 6.91. The van der Waals surface area contributed by atoms with Crippen LogP contribution >= 0.6 is 0 Å². The van der Waals surface area contributed by atoms with Gasteiger partial charge in [0.15, 0.2) is 0 Å². The van der Waals surface area contributed by atoms with E-state index in [-0.39, 0.29) is 23.6 Å². The van der Waals surface area contributed by atoms with Crippen LogP contribution in [0.4, 0.5) is 0 Å². The van der Waals surface area contributed by atoms with Gasteiger partial charge in [-0.15, -0.1) is 0 Å². The summed E-state index contributed by atoms with van der Waals surface area (Å²) in [5.74, 6) is -0.0555. The van der Waals surface area contributed by atoms with Gasteiger partial charge < -0.3 is 10.6 Å². The molecule has 0 aromatic heterocycles. The standard InChI is InChI=1S/C13H27N3O3S/c1-3-5-13(6-8-14-9-7-13)12(17)15-10-11-20(18,19)16-4-2/h14,16H,3-11H2,1-2H3,(H,15,17). The predicted molar refractivity (Wildman–Crippen MR) is 79.9 cm³/mol. The number of amides is 1. The molecule has 1 heterocycles. The van der Waals surface area contributed by atoms with Crippen LogP contribution in [0.5, 0.6) is 0 Å². The van der Waals surface area contributed by atoms with Gasteiger partial charge in [0, 0.05) is 13.1 Å². The summed E-state index contributed by atoms with van der Waals surface area (Å²) < 4.78 is 25.5. The molecule has 20 heavy (non-hydrogen) atoms. The number of rotatable bonds is 8. The van der Waals surface area contributed by atoms with Gasteiger partial charge in [0.25, 0.3) is 0 Å². The first kappa shape index (κ1) is 17.4. The third-order valence-corrected chi connectivity index (χ3v) is 5.26. The van der Waals surface area contributed by atoms with E-state index in [0.717, 1.165) is 38.8 Å². The minimum atomic E-state index is -3.27. The van der Waals surface area contributed by atoms with E-state index in [2.05, 4.69) is 22.3 Å². The Morgan fingerprint density at radius 3 is 2.45 bits per heavy atom.